The smallest absolute Gasteiger partial charge is 0.0497 e. The quantitative estimate of drug-likeness (QED) is 0.587. The van der Waals surface area contributed by atoms with Crippen molar-refractivity contribution in [3.8, 4) is 0 Å². The van der Waals surface area contributed by atoms with Gasteiger partial charge in [-0.1, -0.05) is 32.4 Å². The molecule has 1 rings (SSSR count). The van der Waals surface area contributed by atoms with Crippen molar-refractivity contribution in [3.05, 3.63) is 29.8 Å². The molecule has 15 heavy (non-hydrogen) atoms. The average Bonchev–Trinajstić information content (AvgIpc) is 2.29. The maximum Gasteiger partial charge on any atom is 0.0497 e. The third kappa shape index (κ3) is 4.27. The summed E-state index contributed by atoms with van der Waals surface area (Å²) in [6.07, 6.45) is 2.53. The molecule has 1 aromatic rings. The number of hydrogen-bond donors (Lipinski definition) is 1. The fourth-order valence-electron chi connectivity index (χ4n) is 1.33. The van der Waals surface area contributed by atoms with Crippen LogP contribution in [0.15, 0.2) is 29.2 Å². The molecule has 0 spiro atoms. The van der Waals surface area contributed by atoms with E-state index in [0.717, 1.165) is 0 Å². The molecule has 1 atom stereocenters. The first-order chi connectivity index (χ1) is 7.27. The van der Waals surface area contributed by atoms with Gasteiger partial charge in [0.25, 0.3) is 0 Å². The first kappa shape index (κ1) is 12.6. The summed E-state index contributed by atoms with van der Waals surface area (Å²) >= 11 is 1.91. The molecule has 0 aliphatic carbocycles. The number of unbranched alkanes of at least 4 members (excludes halogenated alkanes) is 1. The standard InChI is InChI=1S/C13H20OS/c1-3-4-9-15-13-7-5-12(6-8-13)11(2)10-14/h5-8,11,14H,3-4,9-10H2,1-2H3. The van der Waals surface area contributed by atoms with Crippen LogP contribution < -0.4 is 0 Å². The van der Waals surface area contributed by atoms with Crippen molar-refractivity contribution in [2.75, 3.05) is 12.4 Å². The molecule has 0 aliphatic heterocycles. The Morgan fingerprint density at radius 3 is 2.47 bits per heavy atom. The Bertz CT molecular complexity index is 268. The minimum Gasteiger partial charge on any atom is -0.396 e. The minimum absolute atomic E-state index is 0.225. The third-order valence-electron chi connectivity index (χ3n) is 2.49. The second kappa shape index (κ2) is 6.91. The Balaban J connectivity index is 2.49. The van der Waals surface area contributed by atoms with Crippen LogP contribution in [0.5, 0.6) is 0 Å². The zero-order valence-electron chi connectivity index (χ0n) is 9.57. The molecular weight excluding hydrogens is 204 g/mol. The normalized spacial score (nSPS) is 12.7. The van der Waals surface area contributed by atoms with Gasteiger partial charge >= 0.3 is 0 Å². The van der Waals surface area contributed by atoms with E-state index in [2.05, 4.69) is 31.2 Å². The molecule has 0 amide bonds. The second-order valence-electron chi connectivity index (χ2n) is 3.85. The van der Waals surface area contributed by atoms with Crippen molar-refractivity contribution in [2.45, 2.75) is 37.5 Å². The van der Waals surface area contributed by atoms with E-state index in [1.807, 2.05) is 18.7 Å². The second-order valence-corrected chi connectivity index (χ2v) is 5.02. The maximum absolute atomic E-state index is 9.03. The number of benzene rings is 1. The molecule has 0 aliphatic rings. The third-order valence-corrected chi connectivity index (χ3v) is 3.59. The summed E-state index contributed by atoms with van der Waals surface area (Å²) in [5, 5.41) is 9.03. The number of hydrogen-bond acceptors (Lipinski definition) is 2. The summed E-state index contributed by atoms with van der Waals surface area (Å²) in [4.78, 5) is 1.33. The fraction of sp³-hybridized carbons (Fsp3) is 0.538. The molecule has 1 aromatic carbocycles. The highest BCUT2D eigenvalue weighted by Crippen LogP contribution is 2.22. The molecule has 0 radical (unpaired) electrons. The van der Waals surface area contributed by atoms with Crippen LogP contribution in [-0.2, 0) is 0 Å². The van der Waals surface area contributed by atoms with Crippen LogP contribution in [-0.4, -0.2) is 17.5 Å². The van der Waals surface area contributed by atoms with Crippen LogP contribution in [0.4, 0.5) is 0 Å². The molecule has 0 fully saturated rings. The van der Waals surface area contributed by atoms with Crippen LogP contribution in [0, 0.1) is 0 Å². The summed E-state index contributed by atoms with van der Waals surface area (Å²) in [7, 11) is 0. The molecule has 0 saturated heterocycles. The monoisotopic (exact) mass is 224 g/mol. The van der Waals surface area contributed by atoms with Gasteiger partial charge in [0.15, 0.2) is 0 Å². The first-order valence-electron chi connectivity index (χ1n) is 5.61. The molecule has 1 unspecified atom stereocenters. The Kier molecular flexibility index (Phi) is 5.81. The first-order valence-corrected chi connectivity index (χ1v) is 6.60. The highest BCUT2D eigenvalue weighted by molar-refractivity contribution is 7.99. The Hall–Kier alpha value is -0.470. The lowest BCUT2D eigenvalue weighted by Gasteiger charge is -2.08. The van der Waals surface area contributed by atoms with Gasteiger partial charge in [-0.2, -0.15) is 0 Å². The SMILES string of the molecule is CCCCSc1ccc(C(C)CO)cc1. The predicted octanol–water partition coefficient (Wildman–Crippen LogP) is 3.67. The molecule has 2 heteroatoms. The summed E-state index contributed by atoms with van der Waals surface area (Å²) in [5.74, 6) is 1.45. The van der Waals surface area contributed by atoms with Crippen LogP contribution in [0.25, 0.3) is 0 Å². The Morgan fingerprint density at radius 1 is 1.27 bits per heavy atom. The maximum atomic E-state index is 9.03. The lowest BCUT2D eigenvalue weighted by atomic mass is 10.0. The van der Waals surface area contributed by atoms with Gasteiger partial charge in [0.05, 0.1) is 0 Å². The zero-order valence-corrected chi connectivity index (χ0v) is 10.4. The van der Waals surface area contributed by atoms with Crippen molar-refractivity contribution < 1.29 is 5.11 Å². The molecular formula is C13H20OS. The van der Waals surface area contributed by atoms with E-state index < -0.39 is 0 Å². The van der Waals surface area contributed by atoms with Gasteiger partial charge in [-0.3, -0.25) is 0 Å². The van der Waals surface area contributed by atoms with Crippen LogP contribution in [0.1, 0.15) is 38.2 Å². The van der Waals surface area contributed by atoms with E-state index in [4.69, 9.17) is 5.11 Å². The molecule has 0 saturated carbocycles. The van der Waals surface area contributed by atoms with Gasteiger partial charge in [0.2, 0.25) is 0 Å². The number of aliphatic hydroxyl groups is 1. The Morgan fingerprint density at radius 2 is 1.93 bits per heavy atom. The summed E-state index contributed by atoms with van der Waals surface area (Å²) < 4.78 is 0. The van der Waals surface area contributed by atoms with Crippen LogP contribution in [0.2, 0.25) is 0 Å². The lowest BCUT2D eigenvalue weighted by molar-refractivity contribution is 0.273. The van der Waals surface area contributed by atoms with E-state index >= 15 is 0 Å². The number of thioether (sulfide) groups is 1. The van der Waals surface area contributed by atoms with E-state index in [1.54, 1.807) is 0 Å². The van der Waals surface area contributed by atoms with Gasteiger partial charge in [0.1, 0.15) is 0 Å². The zero-order chi connectivity index (χ0) is 11.1. The van der Waals surface area contributed by atoms with Crippen molar-refractivity contribution in [1.29, 1.82) is 0 Å². The van der Waals surface area contributed by atoms with Crippen molar-refractivity contribution in [3.63, 3.8) is 0 Å². The average molecular weight is 224 g/mol. The van der Waals surface area contributed by atoms with Crippen molar-refractivity contribution in [2.24, 2.45) is 0 Å². The largest absolute Gasteiger partial charge is 0.396 e. The minimum atomic E-state index is 0.225. The van der Waals surface area contributed by atoms with Crippen molar-refractivity contribution in [1.82, 2.24) is 0 Å². The Labute approximate surface area is 96.9 Å². The van der Waals surface area contributed by atoms with Gasteiger partial charge < -0.3 is 5.11 Å². The van der Waals surface area contributed by atoms with Crippen LogP contribution >= 0.6 is 11.8 Å². The predicted molar refractivity (Wildman–Crippen MR) is 67.6 cm³/mol. The molecule has 1 N–H and O–H groups in total. The summed E-state index contributed by atoms with van der Waals surface area (Å²) in [6.45, 7) is 4.48. The van der Waals surface area contributed by atoms with Gasteiger partial charge in [-0.05, 0) is 29.9 Å². The molecule has 1 nitrogen and oxygen atoms in total. The molecule has 0 heterocycles. The highest BCUT2D eigenvalue weighted by atomic mass is 32.2. The number of aliphatic hydroxyl groups excluding tert-OH is 1. The van der Waals surface area contributed by atoms with E-state index in [9.17, 15) is 0 Å². The van der Waals surface area contributed by atoms with Gasteiger partial charge in [-0.15, -0.1) is 11.8 Å². The topological polar surface area (TPSA) is 20.2 Å². The van der Waals surface area contributed by atoms with E-state index in [0.29, 0.717) is 0 Å². The van der Waals surface area contributed by atoms with Gasteiger partial charge in [0, 0.05) is 17.4 Å². The van der Waals surface area contributed by atoms with Gasteiger partial charge in [-0.25, -0.2) is 0 Å². The number of rotatable bonds is 6. The van der Waals surface area contributed by atoms with Crippen LogP contribution in [0.3, 0.4) is 0 Å². The summed E-state index contributed by atoms with van der Waals surface area (Å²) in [5.41, 5.74) is 1.22. The fourth-order valence-corrected chi connectivity index (χ4v) is 2.33. The highest BCUT2D eigenvalue weighted by Gasteiger charge is 2.03. The molecule has 0 bridgehead atoms. The van der Waals surface area contributed by atoms with E-state index in [1.165, 1.54) is 29.1 Å². The molecule has 84 valence electrons. The molecule has 0 aromatic heterocycles. The lowest BCUT2D eigenvalue weighted by Crippen LogP contribution is -1.97. The van der Waals surface area contributed by atoms with E-state index in [-0.39, 0.29) is 12.5 Å². The van der Waals surface area contributed by atoms with Crippen molar-refractivity contribution >= 4 is 11.8 Å². The summed E-state index contributed by atoms with van der Waals surface area (Å²) in [6, 6.07) is 8.55.